The van der Waals surface area contributed by atoms with E-state index in [4.69, 9.17) is 0 Å². The zero-order valence-corrected chi connectivity index (χ0v) is 9.92. The van der Waals surface area contributed by atoms with Crippen molar-refractivity contribution in [1.29, 1.82) is 0 Å². The molecule has 2 N–H and O–H groups in total. The highest BCUT2D eigenvalue weighted by Crippen LogP contribution is 2.26. The number of H-pyrrole nitrogens is 1. The van der Waals surface area contributed by atoms with Crippen LogP contribution in [0.1, 0.15) is 48.5 Å². The molecule has 0 aliphatic heterocycles. The van der Waals surface area contributed by atoms with Crippen molar-refractivity contribution in [2.24, 2.45) is 5.92 Å². The van der Waals surface area contributed by atoms with Gasteiger partial charge in [-0.25, -0.2) is 0 Å². The first kappa shape index (κ1) is 11.6. The molecule has 1 heterocycles. The van der Waals surface area contributed by atoms with Gasteiger partial charge in [0.25, 0.3) is 5.91 Å². The predicted molar refractivity (Wildman–Crippen MR) is 63.2 cm³/mol. The van der Waals surface area contributed by atoms with Gasteiger partial charge in [0.1, 0.15) is 0 Å². The number of rotatable bonds is 2. The van der Waals surface area contributed by atoms with Gasteiger partial charge < -0.3 is 5.32 Å². The lowest BCUT2D eigenvalue weighted by atomic mass is 10.1. The van der Waals surface area contributed by atoms with Gasteiger partial charge in [-0.1, -0.05) is 18.8 Å². The molecule has 17 heavy (non-hydrogen) atoms. The molecule has 0 bridgehead atoms. The Balaban J connectivity index is 1.92. The molecule has 1 aliphatic rings. The van der Waals surface area contributed by atoms with Crippen LogP contribution in [0.15, 0.2) is 0 Å². The molecule has 0 atom stereocenters. The molecule has 1 aliphatic carbocycles. The van der Waals surface area contributed by atoms with E-state index in [-0.39, 0.29) is 11.7 Å². The van der Waals surface area contributed by atoms with Crippen molar-refractivity contribution in [3.8, 4) is 11.8 Å². The predicted octanol–water partition coefficient (Wildman–Crippen LogP) is 1.10. The standard InChI is InChI=1S/C12H16N4O/c1-13-12(17)11-14-10(15-16-11)8-4-7-9-5-2-3-6-9/h9H,2-3,5-7H2,1H3,(H,13,17)(H,14,15,16). The molecular formula is C12H16N4O. The van der Waals surface area contributed by atoms with Gasteiger partial charge in [-0.2, -0.15) is 4.98 Å². The molecule has 1 fully saturated rings. The molecule has 90 valence electrons. The fourth-order valence-corrected chi connectivity index (χ4v) is 2.02. The van der Waals surface area contributed by atoms with E-state index in [9.17, 15) is 4.79 Å². The Morgan fingerprint density at radius 3 is 3.00 bits per heavy atom. The zero-order chi connectivity index (χ0) is 12.1. The van der Waals surface area contributed by atoms with Gasteiger partial charge in [-0.15, -0.1) is 5.10 Å². The van der Waals surface area contributed by atoms with Gasteiger partial charge in [-0.3, -0.25) is 9.89 Å². The minimum absolute atomic E-state index is 0.137. The summed E-state index contributed by atoms with van der Waals surface area (Å²) in [6, 6.07) is 0. The van der Waals surface area contributed by atoms with Crippen molar-refractivity contribution in [2.75, 3.05) is 7.05 Å². The van der Waals surface area contributed by atoms with Crippen LogP contribution in [0.2, 0.25) is 0 Å². The number of aromatic nitrogens is 3. The van der Waals surface area contributed by atoms with E-state index in [1.165, 1.54) is 25.7 Å². The van der Waals surface area contributed by atoms with Crippen molar-refractivity contribution in [3.63, 3.8) is 0 Å². The summed E-state index contributed by atoms with van der Waals surface area (Å²) < 4.78 is 0. The normalized spacial score (nSPS) is 15.4. The fraction of sp³-hybridized carbons (Fsp3) is 0.583. The molecule has 1 aromatic heterocycles. The fourth-order valence-electron chi connectivity index (χ4n) is 2.02. The molecule has 5 heteroatoms. The van der Waals surface area contributed by atoms with Crippen molar-refractivity contribution in [2.45, 2.75) is 32.1 Å². The van der Waals surface area contributed by atoms with Gasteiger partial charge >= 0.3 is 0 Å². The minimum Gasteiger partial charge on any atom is -0.352 e. The van der Waals surface area contributed by atoms with Crippen LogP contribution in [-0.4, -0.2) is 28.1 Å². The van der Waals surface area contributed by atoms with Crippen LogP contribution in [0.25, 0.3) is 0 Å². The van der Waals surface area contributed by atoms with Crippen molar-refractivity contribution < 1.29 is 4.79 Å². The highest BCUT2D eigenvalue weighted by molar-refractivity contribution is 5.90. The van der Waals surface area contributed by atoms with E-state index >= 15 is 0 Å². The summed E-state index contributed by atoms with van der Waals surface area (Å²) in [6.45, 7) is 0. The molecule has 0 aromatic carbocycles. The van der Waals surface area contributed by atoms with E-state index in [1.54, 1.807) is 7.05 Å². The van der Waals surface area contributed by atoms with Crippen LogP contribution in [0, 0.1) is 17.8 Å². The SMILES string of the molecule is CNC(=O)c1n[nH]c(C#CCC2CCCC2)n1. The largest absolute Gasteiger partial charge is 0.352 e. The summed E-state index contributed by atoms with van der Waals surface area (Å²) in [4.78, 5) is 15.2. The Kier molecular flexibility index (Phi) is 3.76. The van der Waals surface area contributed by atoms with Crippen molar-refractivity contribution >= 4 is 5.91 Å². The van der Waals surface area contributed by atoms with Crippen LogP contribution >= 0.6 is 0 Å². The molecule has 2 rings (SSSR count). The topological polar surface area (TPSA) is 70.7 Å². The number of carbonyl (C=O) groups is 1. The Labute approximate surface area is 100 Å². The number of amides is 1. The lowest BCUT2D eigenvalue weighted by Crippen LogP contribution is -2.19. The maximum absolute atomic E-state index is 11.2. The highest BCUT2D eigenvalue weighted by atomic mass is 16.2. The van der Waals surface area contributed by atoms with Crippen LogP contribution in [0.5, 0.6) is 0 Å². The Morgan fingerprint density at radius 1 is 1.53 bits per heavy atom. The average Bonchev–Trinajstić information content (AvgIpc) is 2.99. The molecule has 0 spiro atoms. The van der Waals surface area contributed by atoms with Crippen LogP contribution in [-0.2, 0) is 0 Å². The number of carbonyl (C=O) groups excluding carboxylic acids is 1. The summed E-state index contributed by atoms with van der Waals surface area (Å²) in [7, 11) is 1.55. The lowest BCUT2D eigenvalue weighted by molar-refractivity contribution is 0.0953. The summed E-state index contributed by atoms with van der Waals surface area (Å²) in [6.07, 6.45) is 6.14. The third kappa shape index (κ3) is 3.06. The van der Waals surface area contributed by atoms with E-state index in [2.05, 4.69) is 32.3 Å². The molecular weight excluding hydrogens is 216 g/mol. The summed E-state index contributed by atoms with van der Waals surface area (Å²) >= 11 is 0. The number of hydrogen-bond acceptors (Lipinski definition) is 3. The van der Waals surface area contributed by atoms with E-state index < -0.39 is 0 Å². The molecule has 1 amide bonds. The molecule has 1 aromatic rings. The van der Waals surface area contributed by atoms with E-state index in [0.717, 1.165) is 12.3 Å². The Bertz CT molecular complexity index is 449. The van der Waals surface area contributed by atoms with Crippen LogP contribution < -0.4 is 5.32 Å². The molecule has 5 nitrogen and oxygen atoms in total. The van der Waals surface area contributed by atoms with Crippen LogP contribution in [0.4, 0.5) is 0 Å². The summed E-state index contributed by atoms with van der Waals surface area (Å²) in [5.74, 6) is 7.05. The van der Waals surface area contributed by atoms with Gasteiger partial charge in [-0.05, 0) is 24.7 Å². The van der Waals surface area contributed by atoms with E-state index in [0.29, 0.717) is 5.82 Å². The minimum atomic E-state index is -0.301. The first-order valence-electron chi connectivity index (χ1n) is 5.93. The quantitative estimate of drug-likeness (QED) is 0.750. The monoisotopic (exact) mass is 232 g/mol. The number of nitrogens with zero attached hydrogens (tertiary/aromatic N) is 2. The number of nitrogens with one attached hydrogen (secondary N) is 2. The van der Waals surface area contributed by atoms with Crippen LogP contribution in [0.3, 0.4) is 0 Å². The van der Waals surface area contributed by atoms with Gasteiger partial charge in [0.2, 0.25) is 11.6 Å². The zero-order valence-electron chi connectivity index (χ0n) is 9.92. The first-order chi connectivity index (χ1) is 8.29. The van der Waals surface area contributed by atoms with Crippen molar-refractivity contribution in [3.05, 3.63) is 11.6 Å². The number of aromatic amines is 1. The number of hydrogen-bond donors (Lipinski definition) is 2. The third-order valence-corrected chi connectivity index (χ3v) is 2.99. The van der Waals surface area contributed by atoms with Crippen molar-refractivity contribution in [1.82, 2.24) is 20.5 Å². The molecule has 1 saturated carbocycles. The average molecular weight is 232 g/mol. The first-order valence-corrected chi connectivity index (χ1v) is 5.93. The highest BCUT2D eigenvalue weighted by Gasteiger charge is 2.13. The van der Waals surface area contributed by atoms with Gasteiger partial charge in [0.15, 0.2) is 0 Å². The maximum atomic E-state index is 11.2. The van der Waals surface area contributed by atoms with Gasteiger partial charge in [0.05, 0.1) is 0 Å². The molecule has 0 saturated heterocycles. The summed E-state index contributed by atoms with van der Waals surface area (Å²) in [5.41, 5.74) is 0. The van der Waals surface area contributed by atoms with E-state index in [1.807, 2.05) is 0 Å². The summed E-state index contributed by atoms with van der Waals surface area (Å²) in [5, 5.41) is 8.90. The molecule has 0 radical (unpaired) electrons. The Morgan fingerprint density at radius 2 is 2.29 bits per heavy atom. The molecule has 0 unspecified atom stereocenters. The maximum Gasteiger partial charge on any atom is 0.290 e. The smallest absolute Gasteiger partial charge is 0.290 e. The Hall–Kier alpha value is -1.83. The third-order valence-electron chi connectivity index (χ3n) is 2.99. The second-order valence-electron chi connectivity index (χ2n) is 4.24. The van der Waals surface area contributed by atoms with Gasteiger partial charge in [0, 0.05) is 13.5 Å². The lowest BCUT2D eigenvalue weighted by Gasteiger charge is -1.99. The second kappa shape index (κ2) is 5.48. The second-order valence-corrected chi connectivity index (χ2v) is 4.24.